The van der Waals surface area contributed by atoms with Gasteiger partial charge in [-0.15, -0.1) is 0 Å². The van der Waals surface area contributed by atoms with E-state index in [1.54, 1.807) is 24.3 Å². The first-order valence-corrected chi connectivity index (χ1v) is 12.9. The van der Waals surface area contributed by atoms with Crippen LogP contribution in [0.1, 0.15) is 20.7 Å². The molecule has 8 heteroatoms. The lowest BCUT2D eigenvalue weighted by Crippen LogP contribution is -2.15. The van der Waals surface area contributed by atoms with Gasteiger partial charge in [-0.3, -0.25) is 9.59 Å². The highest BCUT2D eigenvalue weighted by molar-refractivity contribution is 6.18. The Balaban J connectivity index is 1.56. The maximum atomic E-state index is 13.9. The van der Waals surface area contributed by atoms with Gasteiger partial charge >= 0.3 is 0 Å². The van der Waals surface area contributed by atoms with Gasteiger partial charge in [0.1, 0.15) is 23.3 Å². The van der Waals surface area contributed by atoms with E-state index in [4.69, 9.17) is 0 Å². The van der Waals surface area contributed by atoms with E-state index in [2.05, 4.69) is 10.6 Å². The fraction of sp³-hybridized carbons (Fsp3) is 0. The van der Waals surface area contributed by atoms with Crippen molar-refractivity contribution < 1.29 is 27.2 Å². The zero-order valence-corrected chi connectivity index (χ0v) is 21.7. The Morgan fingerprint density at radius 1 is 0.452 bits per heavy atom. The monoisotopic (exact) mass is 564 g/mol. The number of fused-ring (bicyclic) bond motifs is 2. The molecule has 0 saturated heterocycles. The number of nitrogens with one attached hydrogen (secondary N) is 2. The zero-order valence-electron chi connectivity index (χ0n) is 21.7. The van der Waals surface area contributed by atoms with E-state index < -0.39 is 35.1 Å². The van der Waals surface area contributed by atoms with Gasteiger partial charge in [0.2, 0.25) is 0 Å². The van der Waals surface area contributed by atoms with Gasteiger partial charge in [0.05, 0.1) is 0 Å². The van der Waals surface area contributed by atoms with Crippen molar-refractivity contribution in [2.24, 2.45) is 0 Å². The Hall–Kier alpha value is -5.50. The summed E-state index contributed by atoms with van der Waals surface area (Å²) in [6.07, 6.45) is 0. The first kappa shape index (κ1) is 26.7. The van der Waals surface area contributed by atoms with Crippen LogP contribution in [0.3, 0.4) is 0 Å². The Morgan fingerprint density at radius 2 is 0.810 bits per heavy atom. The summed E-state index contributed by atoms with van der Waals surface area (Å²) in [7, 11) is 0. The number of anilines is 2. The fourth-order valence-electron chi connectivity index (χ4n) is 5.05. The molecule has 0 aromatic heterocycles. The van der Waals surface area contributed by atoms with E-state index in [1.807, 2.05) is 48.5 Å². The molecule has 206 valence electrons. The third-order valence-corrected chi connectivity index (χ3v) is 6.85. The molecular weight excluding hydrogens is 544 g/mol. The predicted molar refractivity (Wildman–Crippen MR) is 156 cm³/mol. The van der Waals surface area contributed by atoms with Gasteiger partial charge in [-0.25, -0.2) is 17.6 Å². The molecule has 0 aliphatic heterocycles. The van der Waals surface area contributed by atoms with E-state index in [0.717, 1.165) is 35.0 Å². The Labute approximate surface area is 237 Å². The summed E-state index contributed by atoms with van der Waals surface area (Å²) in [5.74, 6) is -5.08. The minimum atomic E-state index is -0.897. The quantitative estimate of drug-likeness (QED) is 0.206. The van der Waals surface area contributed by atoms with Crippen LogP contribution >= 0.6 is 0 Å². The summed E-state index contributed by atoms with van der Waals surface area (Å²) in [5.41, 5.74) is 1.24. The van der Waals surface area contributed by atoms with Crippen molar-refractivity contribution in [2.45, 2.75) is 0 Å². The number of carbonyl (C=O) groups is 2. The molecule has 0 saturated carbocycles. The van der Waals surface area contributed by atoms with Crippen LogP contribution in [0.25, 0.3) is 32.7 Å². The van der Waals surface area contributed by atoms with E-state index in [-0.39, 0.29) is 11.1 Å². The molecule has 42 heavy (non-hydrogen) atoms. The summed E-state index contributed by atoms with van der Waals surface area (Å²) in [6, 6.07) is 26.8. The van der Waals surface area contributed by atoms with E-state index in [0.29, 0.717) is 45.4 Å². The predicted octanol–water partition coefficient (Wildman–Crippen LogP) is 8.72. The highest BCUT2D eigenvalue weighted by Gasteiger charge is 2.21. The van der Waals surface area contributed by atoms with Gasteiger partial charge in [-0.1, -0.05) is 60.7 Å². The molecular formula is C34H20F4N2O2. The second-order valence-corrected chi connectivity index (χ2v) is 9.64. The maximum Gasteiger partial charge on any atom is 0.255 e. The SMILES string of the molecule is O=C(Nc1ccc2ccccc2c1-c1c(NC(=O)c2cc(F)cc(F)c2)ccc2ccccc12)c1cc(F)cc(F)c1. The van der Waals surface area contributed by atoms with Crippen molar-refractivity contribution >= 4 is 44.7 Å². The molecule has 6 aromatic rings. The van der Waals surface area contributed by atoms with Crippen LogP contribution in [0.2, 0.25) is 0 Å². The molecule has 0 atom stereocenters. The Bertz CT molecular complexity index is 1850. The number of carbonyl (C=O) groups excluding carboxylic acids is 2. The lowest BCUT2D eigenvalue weighted by molar-refractivity contribution is 0.101. The summed E-state index contributed by atoms with van der Waals surface area (Å²) in [5, 5.41) is 8.62. The molecule has 0 unspecified atom stereocenters. The molecule has 0 bridgehead atoms. The standard InChI is InChI=1S/C34H20F4N2O2/c35-23-13-21(14-24(36)17-23)33(41)39-29-11-9-19-5-1-3-7-27(19)31(29)32-28-8-4-2-6-20(28)10-12-30(32)40-34(42)22-15-25(37)18-26(38)16-22/h1-18H,(H,39,41)(H,40,42). The van der Waals surface area contributed by atoms with Gasteiger partial charge < -0.3 is 10.6 Å². The van der Waals surface area contributed by atoms with E-state index in [1.165, 1.54) is 0 Å². The van der Waals surface area contributed by atoms with Crippen LogP contribution in [0.4, 0.5) is 28.9 Å². The molecule has 2 N–H and O–H groups in total. The number of hydrogen-bond donors (Lipinski definition) is 2. The van der Waals surface area contributed by atoms with Gasteiger partial charge in [-0.2, -0.15) is 0 Å². The van der Waals surface area contributed by atoms with Crippen LogP contribution in [0, 0.1) is 23.3 Å². The van der Waals surface area contributed by atoms with Crippen molar-refractivity contribution in [1.29, 1.82) is 0 Å². The summed E-state index contributed by atoms with van der Waals surface area (Å²) >= 11 is 0. The lowest BCUT2D eigenvalue weighted by Gasteiger charge is -2.20. The average Bonchev–Trinajstić information content (AvgIpc) is 2.96. The first-order valence-electron chi connectivity index (χ1n) is 12.9. The topological polar surface area (TPSA) is 58.2 Å². The van der Waals surface area contributed by atoms with Crippen LogP contribution in [-0.2, 0) is 0 Å². The second kappa shape index (κ2) is 10.8. The zero-order chi connectivity index (χ0) is 29.4. The highest BCUT2D eigenvalue weighted by atomic mass is 19.1. The fourth-order valence-corrected chi connectivity index (χ4v) is 5.05. The number of rotatable bonds is 5. The number of hydrogen-bond acceptors (Lipinski definition) is 2. The average molecular weight is 565 g/mol. The molecule has 6 rings (SSSR count). The summed E-state index contributed by atoms with van der Waals surface area (Å²) < 4.78 is 55.6. The van der Waals surface area contributed by atoms with E-state index in [9.17, 15) is 27.2 Å². The van der Waals surface area contributed by atoms with Crippen molar-refractivity contribution in [3.8, 4) is 11.1 Å². The minimum absolute atomic E-state index is 0.216. The van der Waals surface area contributed by atoms with Crippen molar-refractivity contribution in [3.63, 3.8) is 0 Å². The third kappa shape index (κ3) is 5.17. The number of halogens is 4. The maximum absolute atomic E-state index is 13.9. The van der Waals surface area contributed by atoms with Crippen molar-refractivity contribution in [1.82, 2.24) is 0 Å². The van der Waals surface area contributed by atoms with Gasteiger partial charge in [-0.05, 0) is 57.9 Å². The Kier molecular flexibility index (Phi) is 6.88. The van der Waals surface area contributed by atoms with Crippen LogP contribution in [-0.4, -0.2) is 11.8 Å². The molecule has 0 radical (unpaired) electrons. The summed E-state index contributed by atoms with van der Waals surface area (Å²) in [6.45, 7) is 0. The molecule has 0 aliphatic carbocycles. The number of benzene rings is 6. The third-order valence-electron chi connectivity index (χ3n) is 6.85. The molecule has 6 aromatic carbocycles. The largest absolute Gasteiger partial charge is 0.321 e. The molecule has 0 spiro atoms. The normalized spacial score (nSPS) is 11.0. The molecule has 0 fully saturated rings. The van der Waals surface area contributed by atoms with Gasteiger partial charge in [0, 0.05) is 45.8 Å². The van der Waals surface area contributed by atoms with Crippen molar-refractivity contribution in [2.75, 3.05) is 10.6 Å². The van der Waals surface area contributed by atoms with Crippen LogP contribution < -0.4 is 10.6 Å². The van der Waals surface area contributed by atoms with Crippen LogP contribution in [0.5, 0.6) is 0 Å². The highest BCUT2D eigenvalue weighted by Crippen LogP contribution is 2.44. The second-order valence-electron chi connectivity index (χ2n) is 9.64. The molecule has 0 aliphatic rings. The smallest absolute Gasteiger partial charge is 0.255 e. The van der Waals surface area contributed by atoms with Gasteiger partial charge in [0.25, 0.3) is 11.8 Å². The minimum Gasteiger partial charge on any atom is -0.321 e. The summed E-state index contributed by atoms with van der Waals surface area (Å²) in [4.78, 5) is 26.5. The Morgan fingerprint density at radius 3 is 1.19 bits per heavy atom. The molecule has 0 heterocycles. The first-order chi connectivity index (χ1) is 20.3. The molecule has 4 nitrogen and oxygen atoms in total. The van der Waals surface area contributed by atoms with Crippen molar-refractivity contribution in [3.05, 3.63) is 144 Å². The molecule has 2 amide bonds. The number of amides is 2. The lowest BCUT2D eigenvalue weighted by atomic mass is 9.90. The van der Waals surface area contributed by atoms with E-state index >= 15 is 0 Å². The van der Waals surface area contributed by atoms with Gasteiger partial charge in [0.15, 0.2) is 0 Å². The van der Waals surface area contributed by atoms with Crippen LogP contribution in [0.15, 0.2) is 109 Å².